The van der Waals surface area contributed by atoms with Crippen LogP contribution in [0.15, 0.2) is 0 Å². The lowest BCUT2D eigenvalue weighted by molar-refractivity contribution is 0.0466. The molecule has 0 aromatic rings. The lowest BCUT2D eigenvalue weighted by atomic mass is 10.0. The summed E-state index contributed by atoms with van der Waals surface area (Å²) >= 11 is 0. The summed E-state index contributed by atoms with van der Waals surface area (Å²) in [5.41, 5.74) is 0. The maximum absolute atomic E-state index is 5.63. The van der Waals surface area contributed by atoms with E-state index in [0.29, 0.717) is 12.1 Å². The van der Waals surface area contributed by atoms with Crippen molar-refractivity contribution in [2.24, 2.45) is 0 Å². The number of likely N-dealkylation sites (N-methyl/N-ethyl adjacent to an activating group) is 1. The fraction of sp³-hybridized carbons (Fsp3) is 1.00. The summed E-state index contributed by atoms with van der Waals surface area (Å²) in [4.78, 5) is 0. The highest BCUT2D eigenvalue weighted by Gasteiger charge is 2.14. The van der Waals surface area contributed by atoms with Gasteiger partial charge in [-0.1, -0.05) is 45.4 Å². The van der Waals surface area contributed by atoms with E-state index in [4.69, 9.17) is 4.74 Å². The first-order valence-electron chi connectivity index (χ1n) is 7.05. The Bertz CT molecular complexity index is 139. The maximum Gasteiger partial charge on any atom is 0.0699 e. The zero-order valence-corrected chi connectivity index (χ0v) is 11.7. The van der Waals surface area contributed by atoms with Crippen molar-refractivity contribution in [2.75, 3.05) is 13.7 Å². The lowest BCUT2D eigenvalue weighted by Crippen LogP contribution is -2.37. The van der Waals surface area contributed by atoms with Gasteiger partial charge in [-0.25, -0.2) is 0 Å². The Balaban J connectivity index is 3.47. The first-order chi connectivity index (χ1) is 7.76. The summed E-state index contributed by atoms with van der Waals surface area (Å²) in [7, 11) is 2.04. The fourth-order valence-corrected chi connectivity index (χ4v) is 2.14. The van der Waals surface area contributed by atoms with E-state index < -0.39 is 0 Å². The van der Waals surface area contributed by atoms with Crippen molar-refractivity contribution < 1.29 is 4.74 Å². The molecular weight excluding hydrogens is 198 g/mol. The molecule has 0 aromatic heterocycles. The van der Waals surface area contributed by atoms with Crippen LogP contribution in [0.3, 0.4) is 0 Å². The predicted molar refractivity (Wildman–Crippen MR) is 71.9 cm³/mol. The Morgan fingerprint density at radius 2 is 1.62 bits per heavy atom. The maximum atomic E-state index is 5.63. The van der Waals surface area contributed by atoms with Gasteiger partial charge in [0.25, 0.3) is 0 Å². The van der Waals surface area contributed by atoms with E-state index in [0.717, 1.165) is 6.61 Å². The van der Waals surface area contributed by atoms with Crippen molar-refractivity contribution >= 4 is 0 Å². The highest BCUT2D eigenvalue weighted by Crippen LogP contribution is 2.11. The molecule has 0 aliphatic rings. The van der Waals surface area contributed by atoms with Crippen LogP contribution in [-0.4, -0.2) is 25.8 Å². The third kappa shape index (κ3) is 8.12. The highest BCUT2D eigenvalue weighted by atomic mass is 16.5. The normalized spacial score (nSPS) is 15.0. The molecule has 2 nitrogen and oxygen atoms in total. The van der Waals surface area contributed by atoms with E-state index in [1.807, 2.05) is 7.05 Å². The van der Waals surface area contributed by atoms with Crippen LogP contribution in [-0.2, 0) is 4.74 Å². The van der Waals surface area contributed by atoms with Crippen LogP contribution in [0.4, 0.5) is 0 Å². The van der Waals surface area contributed by atoms with Gasteiger partial charge in [0.1, 0.15) is 0 Å². The molecule has 2 atom stereocenters. The number of hydrogen-bond donors (Lipinski definition) is 1. The Morgan fingerprint density at radius 1 is 1.00 bits per heavy atom. The minimum atomic E-state index is 0.339. The average Bonchev–Trinajstić information content (AvgIpc) is 2.28. The van der Waals surface area contributed by atoms with Gasteiger partial charge in [0.15, 0.2) is 0 Å². The molecule has 98 valence electrons. The average molecular weight is 229 g/mol. The molecule has 0 heterocycles. The van der Waals surface area contributed by atoms with Crippen molar-refractivity contribution in [3.05, 3.63) is 0 Å². The molecule has 0 saturated heterocycles. The van der Waals surface area contributed by atoms with Gasteiger partial charge in [-0.05, 0) is 27.3 Å². The molecule has 0 aliphatic carbocycles. The number of ether oxygens (including phenoxy) is 1. The van der Waals surface area contributed by atoms with Crippen LogP contribution < -0.4 is 5.32 Å². The molecular formula is C14H31NO. The molecule has 2 unspecified atom stereocenters. The molecule has 0 spiro atoms. The second kappa shape index (κ2) is 11.4. The Morgan fingerprint density at radius 3 is 2.19 bits per heavy atom. The second-order valence-corrected chi connectivity index (χ2v) is 4.61. The van der Waals surface area contributed by atoms with E-state index >= 15 is 0 Å². The third-order valence-corrected chi connectivity index (χ3v) is 3.24. The van der Waals surface area contributed by atoms with E-state index in [-0.39, 0.29) is 0 Å². The zero-order valence-electron chi connectivity index (χ0n) is 11.7. The van der Waals surface area contributed by atoms with Gasteiger partial charge in [0.05, 0.1) is 6.10 Å². The van der Waals surface area contributed by atoms with Crippen LogP contribution in [0, 0.1) is 0 Å². The van der Waals surface area contributed by atoms with Crippen LogP contribution >= 0.6 is 0 Å². The van der Waals surface area contributed by atoms with Gasteiger partial charge in [-0.15, -0.1) is 0 Å². The Kier molecular flexibility index (Phi) is 11.3. The van der Waals surface area contributed by atoms with Gasteiger partial charge >= 0.3 is 0 Å². The van der Waals surface area contributed by atoms with Gasteiger partial charge in [-0.2, -0.15) is 0 Å². The smallest absolute Gasteiger partial charge is 0.0699 e. The molecule has 2 heteroatoms. The molecule has 0 rings (SSSR count). The number of unbranched alkanes of at least 4 members (excludes halogenated alkanes) is 5. The summed E-state index contributed by atoms with van der Waals surface area (Å²) in [5, 5.41) is 3.36. The lowest BCUT2D eigenvalue weighted by Gasteiger charge is -2.23. The summed E-state index contributed by atoms with van der Waals surface area (Å²) in [6.45, 7) is 7.31. The van der Waals surface area contributed by atoms with E-state index in [1.165, 1.54) is 44.9 Å². The molecule has 16 heavy (non-hydrogen) atoms. The summed E-state index contributed by atoms with van der Waals surface area (Å²) in [6.07, 6.45) is 9.80. The fourth-order valence-electron chi connectivity index (χ4n) is 2.14. The van der Waals surface area contributed by atoms with Crippen molar-refractivity contribution in [3.63, 3.8) is 0 Å². The molecule has 0 saturated carbocycles. The summed E-state index contributed by atoms with van der Waals surface area (Å²) in [5.74, 6) is 0. The van der Waals surface area contributed by atoms with Gasteiger partial charge < -0.3 is 10.1 Å². The van der Waals surface area contributed by atoms with Crippen LogP contribution in [0.25, 0.3) is 0 Å². The monoisotopic (exact) mass is 229 g/mol. The van der Waals surface area contributed by atoms with Crippen LogP contribution in [0.2, 0.25) is 0 Å². The third-order valence-electron chi connectivity index (χ3n) is 3.24. The number of rotatable bonds is 11. The molecule has 0 bridgehead atoms. The molecule has 1 N–H and O–H groups in total. The summed E-state index contributed by atoms with van der Waals surface area (Å²) in [6, 6.07) is 0.520. The van der Waals surface area contributed by atoms with Gasteiger partial charge in [0.2, 0.25) is 0 Å². The Labute approximate surface area is 102 Å². The minimum absolute atomic E-state index is 0.339. The van der Waals surface area contributed by atoms with Crippen LogP contribution in [0.1, 0.15) is 65.7 Å². The predicted octanol–water partition coefficient (Wildman–Crippen LogP) is 3.75. The highest BCUT2D eigenvalue weighted by molar-refractivity contribution is 4.71. The van der Waals surface area contributed by atoms with Crippen molar-refractivity contribution in [3.8, 4) is 0 Å². The standard InChI is InChI=1S/C14H31NO/c1-5-7-8-9-10-11-12-14(15-4)13(3)16-6-2/h13-15H,5-12H2,1-4H3. The molecule has 0 aliphatic heterocycles. The summed E-state index contributed by atoms with van der Waals surface area (Å²) < 4.78 is 5.63. The molecule has 0 aromatic carbocycles. The van der Waals surface area contributed by atoms with E-state index in [9.17, 15) is 0 Å². The van der Waals surface area contributed by atoms with Crippen molar-refractivity contribution in [2.45, 2.75) is 77.9 Å². The van der Waals surface area contributed by atoms with Crippen molar-refractivity contribution in [1.29, 1.82) is 0 Å². The number of nitrogens with one attached hydrogen (secondary N) is 1. The Hall–Kier alpha value is -0.0800. The zero-order chi connectivity index (χ0) is 12.2. The quantitative estimate of drug-likeness (QED) is 0.545. The largest absolute Gasteiger partial charge is 0.377 e. The van der Waals surface area contributed by atoms with Crippen molar-refractivity contribution in [1.82, 2.24) is 5.32 Å². The first-order valence-corrected chi connectivity index (χ1v) is 7.05. The van der Waals surface area contributed by atoms with E-state index in [1.54, 1.807) is 0 Å². The molecule has 0 fully saturated rings. The van der Waals surface area contributed by atoms with Gasteiger partial charge in [0, 0.05) is 12.6 Å². The van der Waals surface area contributed by atoms with E-state index in [2.05, 4.69) is 26.1 Å². The van der Waals surface area contributed by atoms with Gasteiger partial charge in [-0.3, -0.25) is 0 Å². The SMILES string of the molecule is CCCCCCCCC(NC)C(C)OCC. The first kappa shape index (κ1) is 15.9. The minimum Gasteiger partial charge on any atom is -0.377 e. The number of hydrogen-bond acceptors (Lipinski definition) is 2. The molecule has 0 amide bonds. The second-order valence-electron chi connectivity index (χ2n) is 4.61. The molecule has 0 radical (unpaired) electrons. The topological polar surface area (TPSA) is 21.3 Å². The van der Waals surface area contributed by atoms with Crippen LogP contribution in [0.5, 0.6) is 0 Å².